The molecule has 16 heavy (non-hydrogen) atoms. The molecule has 86 valence electrons. The maximum Gasteiger partial charge on any atom is 0.225 e. The lowest BCUT2D eigenvalue weighted by molar-refractivity contribution is 0.871. The van der Waals surface area contributed by atoms with Crippen LogP contribution in [0.5, 0.6) is 0 Å². The number of nitrogens with zero attached hydrogens (tertiary/aromatic N) is 4. The van der Waals surface area contributed by atoms with Crippen molar-refractivity contribution in [3.63, 3.8) is 0 Å². The third-order valence-corrected chi connectivity index (χ3v) is 2.54. The second kappa shape index (κ2) is 4.05. The summed E-state index contributed by atoms with van der Waals surface area (Å²) in [5.74, 6) is 1.54. The summed E-state index contributed by atoms with van der Waals surface area (Å²) in [7, 11) is 1.95. The fraction of sp³-hybridized carbons (Fsp3) is 0.500. The number of anilines is 1. The Kier molecular flexibility index (Phi) is 2.74. The Bertz CT molecular complexity index is 515. The molecule has 0 aromatic carbocycles. The summed E-state index contributed by atoms with van der Waals surface area (Å²) >= 11 is 0. The first-order valence-electron chi connectivity index (χ1n) is 5.25. The van der Waals surface area contributed by atoms with Crippen LogP contribution in [0, 0.1) is 13.8 Å². The zero-order valence-corrected chi connectivity index (χ0v) is 9.78. The maximum atomic E-state index is 5.43. The third kappa shape index (κ3) is 1.71. The van der Waals surface area contributed by atoms with Crippen LogP contribution in [0.25, 0.3) is 11.2 Å². The van der Waals surface area contributed by atoms with Crippen molar-refractivity contribution in [3.05, 3.63) is 11.5 Å². The highest BCUT2D eigenvalue weighted by Gasteiger charge is 2.10. The normalized spacial score (nSPS) is 11.0. The van der Waals surface area contributed by atoms with Crippen LogP contribution in [-0.4, -0.2) is 32.6 Å². The summed E-state index contributed by atoms with van der Waals surface area (Å²) in [6, 6.07) is 0. The Morgan fingerprint density at radius 1 is 1.25 bits per heavy atom. The summed E-state index contributed by atoms with van der Waals surface area (Å²) in [5, 5.41) is 3.08. The highest BCUT2D eigenvalue weighted by Crippen LogP contribution is 2.16. The van der Waals surface area contributed by atoms with Crippen molar-refractivity contribution in [2.75, 3.05) is 18.4 Å². The van der Waals surface area contributed by atoms with Gasteiger partial charge in [0.15, 0.2) is 5.65 Å². The van der Waals surface area contributed by atoms with E-state index >= 15 is 0 Å². The van der Waals surface area contributed by atoms with E-state index in [0.29, 0.717) is 19.0 Å². The lowest BCUT2D eigenvalue weighted by atomic mass is 10.4. The number of fused-ring (bicyclic) bond motifs is 1. The van der Waals surface area contributed by atoms with Crippen molar-refractivity contribution in [3.8, 4) is 0 Å². The van der Waals surface area contributed by atoms with Crippen molar-refractivity contribution < 1.29 is 0 Å². The van der Waals surface area contributed by atoms with Gasteiger partial charge in [0.05, 0.1) is 5.69 Å². The van der Waals surface area contributed by atoms with Gasteiger partial charge in [-0.1, -0.05) is 0 Å². The lowest BCUT2D eigenvalue weighted by Gasteiger charge is -2.04. The monoisotopic (exact) mass is 220 g/mol. The van der Waals surface area contributed by atoms with E-state index in [4.69, 9.17) is 5.73 Å². The fourth-order valence-corrected chi connectivity index (χ4v) is 1.57. The number of nitrogens with two attached hydrogens (primary N) is 1. The molecule has 2 aromatic rings. The first-order chi connectivity index (χ1) is 7.63. The quantitative estimate of drug-likeness (QED) is 0.780. The number of hydrogen-bond donors (Lipinski definition) is 2. The predicted octanol–water partition coefficient (Wildman–Crippen LogP) is 0.351. The van der Waals surface area contributed by atoms with Gasteiger partial charge in [-0.15, -0.1) is 0 Å². The molecule has 6 nitrogen and oxygen atoms in total. The largest absolute Gasteiger partial charge is 0.353 e. The molecule has 0 aliphatic rings. The molecule has 0 aliphatic carbocycles. The number of hydrogen-bond acceptors (Lipinski definition) is 5. The molecule has 0 spiro atoms. The highest BCUT2D eigenvalue weighted by atomic mass is 15.2. The SMILES string of the molecule is Cc1nc(NCCN)nc2c1nc(C)n2C. The van der Waals surface area contributed by atoms with E-state index in [1.807, 2.05) is 25.5 Å². The van der Waals surface area contributed by atoms with Gasteiger partial charge in [-0.05, 0) is 13.8 Å². The van der Waals surface area contributed by atoms with Gasteiger partial charge >= 0.3 is 0 Å². The molecule has 0 fully saturated rings. The Labute approximate surface area is 93.9 Å². The molecule has 0 aliphatic heterocycles. The number of nitrogens with one attached hydrogen (secondary N) is 1. The van der Waals surface area contributed by atoms with Crippen molar-refractivity contribution in [1.82, 2.24) is 19.5 Å². The fourth-order valence-electron chi connectivity index (χ4n) is 1.57. The minimum atomic E-state index is 0.560. The van der Waals surface area contributed by atoms with Crippen LogP contribution in [0.3, 0.4) is 0 Å². The maximum absolute atomic E-state index is 5.43. The minimum Gasteiger partial charge on any atom is -0.353 e. The molecule has 0 atom stereocenters. The average Bonchev–Trinajstić information content (AvgIpc) is 2.54. The van der Waals surface area contributed by atoms with Crippen LogP contribution in [0.2, 0.25) is 0 Å². The van der Waals surface area contributed by atoms with Crippen LogP contribution in [0.1, 0.15) is 11.5 Å². The van der Waals surface area contributed by atoms with E-state index in [-0.39, 0.29) is 0 Å². The molecule has 2 aromatic heterocycles. The van der Waals surface area contributed by atoms with Gasteiger partial charge < -0.3 is 15.6 Å². The van der Waals surface area contributed by atoms with Crippen molar-refractivity contribution in [1.29, 1.82) is 0 Å². The molecular formula is C10H16N6. The summed E-state index contributed by atoms with van der Waals surface area (Å²) < 4.78 is 1.96. The van der Waals surface area contributed by atoms with Crippen LogP contribution < -0.4 is 11.1 Å². The van der Waals surface area contributed by atoms with E-state index in [1.54, 1.807) is 0 Å². The zero-order valence-electron chi connectivity index (χ0n) is 9.78. The van der Waals surface area contributed by atoms with E-state index < -0.39 is 0 Å². The molecule has 2 rings (SSSR count). The summed E-state index contributed by atoms with van der Waals surface area (Å²) in [6.07, 6.45) is 0. The molecule has 6 heteroatoms. The van der Waals surface area contributed by atoms with Gasteiger partial charge in [0.1, 0.15) is 11.3 Å². The van der Waals surface area contributed by atoms with Gasteiger partial charge in [0.25, 0.3) is 0 Å². The highest BCUT2D eigenvalue weighted by molar-refractivity contribution is 5.75. The summed E-state index contributed by atoms with van der Waals surface area (Å²) in [5.41, 5.74) is 8.02. The summed E-state index contributed by atoms with van der Waals surface area (Å²) in [6.45, 7) is 5.12. The number of rotatable bonds is 3. The smallest absolute Gasteiger partial charge is 0.225 e. The van der Waals surface area contributed by atoms with E-state index in [1.165, 1.54) is 0 Å². The van der Waals surface area contributed by atoms with Crippen LogP contribution >= 0.6 is 0 Å². The van der Waals surface area contributed by atoms with Crippen molar-refractivity contribution >= 4 is 17.1 Å². The van der Waals surface area contributed by atoms with Crippen molar-refractivity contribution in [2.45, 2.75) is 13.8 Å². The topological polar surface area (TPSA) is 81.7 Å². The van der Waals surface area contributed by atoms with Gasteiger partial charge in [-0.3, -0.25) is 0 Å². The van der Waals surface area contributed by atoms with Gasteiger partial charge in [0, 0.05) is 20.1 Å². The summed E-state index contributed by atoms with van der Waals surface area (Å²) in [4.78, 5) is 13.2. The number of aryl methyl sites for hydroxylation is 3. The van der Waals surface area contributed by atoms with E-state index in [9.17, 15) is 0 Å². The van der Waals surface area contributed by atoms with Gasteiger partial charge in [-0.25, -0.2) is 9.97 Å². The molecule has 0 radical (unpaired) electrons. The Balaban J connectivity index is 2.52. The Hall–Kier alpha value is -1.69. The Morgan fingerprint density at radius 2 is 2.00 bits per heavy atom. The van der Waals surface area contributed by atoms with E-state index in [0.717, 1.165) is 22.7 Å². The first kappa shape index (κ1) is 10.8. The number of imidazole rings is 1. The predicted molar refractivity (Wildman–Crippen MR) is 63.3 cm³/mol. The van der Waals surface area contributed by atoms with Crippen LogP contribution in [0.15, 0.2) is 0 Å². The standard InChI is InChI=1S/C10H16N6/c1-6-8-9(16(3)7(2)14-8)15-10(13-6)12-5-4-11/h4-5,11H2,1-3H3,(H,12,13,15). The molecule has 0 saturated carbocycles. The molecule has 0 amide bonds. The molecular weight excluding hydrogens is 204 g/mol. The van der Waals surface area contributed by atoms with E-state index in [2.05, 4.69) is 20.3 Å². The zero-order chi connectivity index (χ0) is 11.7. The number of aromatic nitrogens is 4. The second-order valence-electron chi connectivity index (χ2n) is 3.74. The molecule has 2 heterocycles. The minimum absolute atomic E-state index is 0.560. The van der Waals surface area contributed by atoms with Gasteiger partial charge in [-0.2, -0.15) is 4.98 Å². The van der Waals surface area contributed by atoms with Crippen molar-refractivity contribution in [2.24, 2.45) is 12.8 Å². The first-order valence-corrected chi connectivity index (χ1v) is 5.25. The third-order valence-electron chi connectivity index (χ3n) is 2.54. The molecule has 0 unspecified atom stereocenters. The van der Waals surface area contributed by atoms with Gasteiger partial charge in [0.2, 0.25) is 5.95 Å². The average molecular weight is 220 g/mol. The molecule has 0 bridgehead atoms. The van der Waals surface area contributed by atoms with Crippen LogP contribution in [-0.2, 0) is 7.05 Å². The Morgan fingerprint density at radius 3 is 2.69 bits per heavy atom. The lowest BCUT2D eigenvalue weighted by Crippen LogP contribution is -2.15. The molecule has 0 saturated heterocycles. The molecule has 3 N–H and O–H groups in total. The second-order valence-corrected chi connectivity index (χ2v) is 3.74. The van der Waals surface area contributed by atoms with Crippen LogP contribution in [0.4, 0.5) is 5.95 Å².